The van der Waals surface area contributed by atoms with E-state index in [2.05, 4.69) is 10.2 Å². The molecular formula is C24H26N2O5. The zero-order valence-electron chi connectivity index (χ0n) is 17.7. The van der Waals surface area contributed by atoms with Crippen molar-refractivity contribution in [2.24, 2.45) is 0 Å². The number of ether oxygens (including phenoxy) is 2. The number of nitrogens with zero attached hydrogens (tertiary/aromatic N) is 1. The van der Waals surface area contributed by atoms with Gasteiger partial charge in [-0.3, -0.25) is 4.79 Å². The Morgan fingerprint density at radius 2 is 1.94 bits per heavy atom. The quantitative estimate of drug-likeness (QED) is 0.612. The topological polar surface area (TPSA) is 81.0 Å². The lowest BCUT2D eigenvalue weighted by Gasteiger charge is -2.30. The van der Waals surface area contributed by atoms with Crippen LogP contribution in [0.15, 0.2) is 57.7 Å². The van der Waals surface area contributed by atoms with Gasteiger partial charge in [0.1, 0.15) is 11.3 Å². The van der Waals surface area contributed by atoms with E-state index in [-0.39, 0.29) is 5.91 Å². The summed E-state index contributed by atoms with van der Waals surface area (Å²) in [5.74, 6) is 0.206. The molecule has 31 heavy (non-hydrogen) atoms. The van der Waals surface area contributed by atoms with E-state index in [1.165, 1.54) is 6.07 Å². The van der Waals surface area contributed by atoms with Crippen molar-refractivity contribution in [1.82, 2.24) is 0 Å². The van der Waals surface area contributed by atoms with Crippen LogP contribution in [0.4, 0.5) is 11.4 Å². The first kappa shape index (κ1) is 20.9. The molecule has 0 bridgehead atoms. The maximum absolute atomic E-state index is 12.8. The molecule has 1 fully saturated rings. The molecule has 162 valence electrons. The molecule has 1 aromatic heterocycles. The van der Waals surface area contributed by atoms with E-state index in [0.29, 0.717) is 24.5 Å². The highest BCUT2D eigenvalue weighted by atomic mass is 16.5. The maximum Gasteiger partial charge on any atom is 0.336 e. The van der Waals surface area contributed by atoms with E-state index in [0.717, 1.165) is 41.8 Å². The fraction of sp³-hybridized carbons (Fsp3) is 0.333. The third kappa shape index (κ3) is 4.72. The summed E-state index contributed by atoms with van der Waals surface area (Å²) in [6.45, 7) is 6.57. The van der Waals surface area contributed by atoms with Crippen LogP contribution >= 0.6 is 0 Å². The van der Waals surface area contributed by atoms with Crippen molar-refractivity contribution in [2.75, 3.05) is 36.5 Å². The molecule has 1 aliphatic heterocycles. The van der Waals surface area contributed by atoms with Crippen molar-refractivity contribution in [3.8, 4) is 5.75 Å². The second kappa shape index (κ2) is 9.22. The molecular weight excluding hydrogens is 396 g/mol. The number of para-hydroxylation sites is 2. The third-order valence-electron chi connectivity index (χ3n) is 5.38. The van der Waals surface area contributed by atoms with E-state index in [4.69, 9.17) is 13.9 Å². The largest absolute Gasteiger partial charge is 0.481 e. The highest BCUT2D eigenvalue weighted by Gasteiger charge is 2.20. The van der Waals surface area contributed by atoms with Crippen molar-refractivity contribution in [1.29, 1.82) is 0 Å². The number of hydrogen-bond acceptors (Lipinski definition) is 6. The Hall–Kier alpha value is -3.32. The maximum atomic E-state index is 12.8. The normalized spacial score (nSPS) is 15.0. The molecule has 1 atom stereocenters. The Kier molecular flexibility index (Phi) is 6.23. The summed E-state index contributed by atoms with van der Waals surface area (Å²) in [7, 11) is 0. The Bertz CT molecular complexity index is 1130. The highest BCUT2D eigenvalue weighted by molar-refractivity contribution is 5.97. The molecule has 1 unspecified atom stereocenters. The molecule has 7 heteroatoms. The lowest BCUT2D eigenvalue weighted by atomic mass is 10.1. The molecule has 1 amide bonds. The van der Waals surface area contributed by atoms with Gasteiger partial charge in [0, 0.05) is 30.6 Å². The number of carbonyl (C=O) groups is 1. The fourth-order valence-corrected chi connectivity index (χ4v) is 3.73. The second-order valence-electron chi connectivity index (χ2n) is 7.47. The Morgan fingerprint density at radius 3 is 2.71 bits per heavy atom. The number of hydrogen-bond donors (Lipinski definition) is 1. The number of rotatable bonds is 6. The summed E-state index contributed by atoms with van der Waals surface area (Å²) >= 11 is 0. The first-order valence-electron chi connectivity index (χ1n) is 10.5. The summed E-state index contributed by atoms with van der Waals surface area (Å²) in [6.07, 6.45) is -0.0137. The summed E-state index contributed by atoms with van der Waals surface area (Å²) < 4.78 is 16.6. The van der Waals surface area contributed by atoms with Crippen LogP contribution < -0.4 is 20.6 Å². The van der Waals surface area contributed by atoms with Crippen LogP contribution in [0.5, 0.6) is 5.75 Å². The molecule has 1 aliphatic rings. The van der Waals surface area contributed by atoms with E-state index in [9.17, 15) is 9.59 Å². The molecule has 0 saturated carbocycles. The molecule has 0 aliphatic carbocycles. The molecule has 0 spiro atoms. The van der Waals surface area contributed by atoms with Crippen LogP contribution in [0.3, 0.4) is 0 Å². The van der Waals surface area contributed by atoms with Gasteiger partial charge in [0.15, 0.2) is 6.10 Å². The van der Waals surface area contributed by atoms with Crippen molar-refractivity contribution >= 4 is 28.3 Å². The van der Waals surface area contributed by atoms with Crippen LogP contribution in [-0.2, 0) is 16.0 Å². The van der Waals surface area contributed by atoms with E-state index < -0.39 is 11.7 Å². The predicted molar refractivity (Wildman–Crippen MR) is 120 cm³/mol. The zero-order valence-corrected chi connectivity index (χ0v) is 17.7. The second-order valence-corrected chi connectivity index (χ2v) is 7.47. The van der Waals surface area contributed by atoms with Gasteiger partial charge in [-0.2, -0.15) is 0 Å². The van der Waals surface area contributed by atoms with Gasteiger partial charge in [-0.1, -0.05) is 19.1 Å². The summed E-state index contributed by atoms with van der Waals surface area (Å²) in [5.41, 5.74) is 2.68. The van der Waals surface area contributed by atoms with Crippen molar-refractivity contribution in [3.63, 3.8) is 0 Å². The molecule has 2 heterocycles. The number of morpholine rings is 1. The molecule has 7 nitrogen and oxygen atoms in total. The monoisotopic (exact) mass is 422 g/mol. The van der Waals surface area contributed by atoms with Crippen LogP contribution in [0.1, 0.15) is 19.4 Å². The van der Waals surface area contributed by atoms with Crippen LogP contribution in [0.25, 0.3) is 11.0 Å². The molecule has 1 N–H and O–H groups in total. The van der Waals surface area contributed by atoms with Crippen LogP contribution in [0.2, 0.25) is 0 Å². The first-order chi connectivity index (χ1) is 15.0. The first-order valence-corrected chi connectivity index (χ1v) is 10.5. The number of aryl methyl sites for hydroxylation is 1. The van der Waals surface area contributed by atoms with Crippen molar-refractivity contribution < 1.29 is 18.7 Å². The predicted octanol–water partition coefficient (Wildman–Crippen LogP) is 3.60. The van der Waals surface area contributed by atoms with Crippen LogP contribution in [0, 0.1) is 0 Å². The van der Waals surface area contributed by atoms with Gasteiger partial charge in [-0.25, -0.2) is 4.79 Å². The smallest absolute Gasteiger partial charge is 0.336 e. The Morgan fingerprint density at radius 1 is 1.16 bits per heavy atom. The number of fused-ring (bicyclic) bond motifs is 1. The minimum absolute atomic E-state index is 0.260. The SMILES string of the molecule is CCc1cc(=O)oc2cc(OC(C)C(=O)Nc3ccccc3N3CCOCC3)ccc12. The molecule has 3 aromatic rings. The number of nitrogens with one attached hydrogen (secondary N) is 1. The van der Waals surface area contributed by atoms with Gasteiger partial charge in [0.2, 0.25) is 0 Å². The van der Waals surface area contributed by atoms with Crippen molar-refractivity contribution in [2.45, 2.75) is 26.4 Å². The fourth-order valence-electron chi connectivity index (χ4n) is 3.73. The lowest BCUT2D eigenvalue weighted by molar-refractivity contribution is -0.122. The molecule has 2 aromatic carbocycles. The van der Waals surface area contributed by atoms with Gasteiger partial charge in [0.05, 0.1) is 24.6 Å². The number of anilines is 2. The molecule has 1 saturated heterocycles. The number of amides is 1. The molecule has 0 radical (unpaired) electrons. The van der Waals surface area contributed by atoms with E-state index in [1.54, 1.807) is 19.1 Å². The average molecular weight is 422 g/mol. The number of carbonyl (C=O) groups excluding carboxylic acids is 1. The minimum atomic E-state index is -0.740. The lowest BCUT2D eigenvalue weighted by Crippen LogP contribution is -2.37. The van der Waals surface area contributed by atoms with Crippen LogP contribution in [-0.4, -0.2) is 38.3 Å². The molecule has 4 rings (SSSR count). The van der Waals surface area contributed by atoms with E-state index >= 15 is 0 Å². The average Bonchev–Trinajstić information content (AvgIpc) is 2.79. The summed E-state index contributed by atoms with van der Waals surface area (Å²) in [5, 5.41) is 3.84. The highest BCUT2D eigenvalue weighted by Crippen LogP contribution is 2.27. The zero-order chi connectivity index (χ0) is 21.8. The van der Waals surface area contributed by atoms with Gasteiger partial charge in [-0.05, 0) is 43.2 Å². The van der Waals surface area contributed by atoms with E-state index in [1.807, 2.05) is 37.3 Å². The number of benzene rings is 2. The third-order valence-corrected chi connectivity index (χ3v) is 5.38. The van der Waals surface area contributed by atoms with Gasteiger partial charge in [-0.15, -0.1) is 0 Å². The Labute approximate surface area is 180 Å². The summed E-state index contributed by atoms with van der Waals surface area (Å²) in [6, 6.07) is 14.5. The van der Waals surface area contributed by atoms with Gasteiger partial charge >= 0.3 is 5.63 Å². The summed E-state index contributed by atoms with van der Waals surface area (Å²) in [4.78, 5) is 26.8. The Balaban J connectivity index is 1.49. The minimum Gasteiger partial charge on any atom is -0.481 e. The standard InChI is InChI=1S/C24H26N2O5/c1-3-17-14-23(27)31-22-15-18(8-9-19(17)22)30-16(2)24(28)25-20-6-4-5-7-21(20)26-10-12-29-13-11-26/h4-9,14-16H,3,10-13H2,1-2H3,(H,25,28). The van der Waals surface area contributed by atoms with Gasteiger partial charge in [0.25, 0.3) is 5.91 Å². The van der Waals surface area contributed by atoms with Gasteiger partial charge < -0.3 is 24.1 Å². The van der Waals surface area contributed by atoms with Crippen molar-refractivity contribution in [3.05, 3.63) is 64.5 Å².